The predicted octanol–water partition coefficient (Wildman–Crippen LogP) is 3.18. The lowest BCUT2D eigenvalue weighted by Crippen LogP contribution is -2.34. The van der Waals surface area contributed by atoms with E-state index >= 15 is 0 Å². The smallest absolute Gasteiger partial charge is 0.264 e. The average molecular weight is 294 g/mol. The summed E-state index contributed by atoms with van der Waals surface area (Å²) in [6.45, 7) is 2.51. The first-order valence-electron chi connectivity index (χ1n) is 7.18. The van der Waals surface area contributed by atoms with Crippen molar-refractivity contribution in [3.05, 3.63) is 60.2 Å². The van der Waals surface area contributed by atoms with Gasteiger partial charge in [-0.1, -0.05) is 30.3 Å². The van der Waals surface area contributed by atoms with Gasteiger partial charge in [0, 0.05) is 12.2 Å². The molecule has 0 radical (unpaired) electrons. The highest BCUT2D eigenvalue weighted by molar-refractivity contribution is 5.94. The summed E-state index contributed by atoms with van der Waals surface area (Å²) in [5.74, 6) is 0.536. The number of benzene rings is 2. The first-order chi connectivity index (χ1) is 10.7. The molecule has 0 bridgehead atoms. The Morgan fingerprint density at radius 1 is 1.14 bits per heavy atom. The van der Waals surface area contributed by atoms with Gasteiger partial charge in [-0.25, -0.2) is 0 Å². The fourth-order valence-corrected chi connectivity index (χ4v) is 2.13. The maximum atomic E-state index is 12.3. The van der Waals surface area contributed by atoms with Crippen LogP contribution in [0.1, 0.15) is 12.5 Å². The zero-order valence-electron chi connectivity index (χ0n) is 12.5. The number of anilines is 1. The Morgan fingerprint density at radius 3 is 2.41 bits per heavy atom. The van der Waals surface area contributed by atoms with Gasteiger partial charge in [-0.3, -0.25) is 4.79 Å². The van der Waals surface area contributed by atoms with E-state index in [2.05, 4.69) is 6.07 Å². The molecule has 4 nitrogen and oxygen atoms in total. The summed E-state index contributed by atoms with van der Waals surface area (Å²) in [5, 5.41) is 8.63. The molecule has 4 heteroatoms. The van der Waals surface area contributed by atoms with Crippen molar-refractivity contribution in [2.75, 3.05) is 18.1 Å². The summed E-state index contributed by atoms with van der Waals surface area (Å²) >= 11 is 0. The summed E-state index contributed by atoms with van der Waals surface area (Å²) in [6.07, 6.45) is 0.372. The number of carbonyl (C=O) groups is 1. The first kappa shape index (κ1) is 15.6. The predicted molar refractivity (Wildman–Crippen MR) is 85.7 cm³/mol. The number of amides is 1. The molecule has 0 aromatic heterocycles. The van der Waals surface area contributed by atoms with E-state index in [0.717, 1.165) is 11.3 Å². The average Bonchev–Trinajstić information content (AvgIpc) is 2.56. The standard InChI is InChI=1S/C18H18N2O2/c1-2-20(16-6-4-3-5-7-16)18(21)14-22-17-10-8-15(9-11-17)12-13-19/h3-11H,2,12,14H2,1H3. The molecule has 2 aromatic rings. The number of rotatable bonds is 6. The number of hydrogen-bond acceptors (Lipinski definition) is 3. The van der Waals surface area contributed by atoms with E-state index in [9.17, 15) is 4.79 Å². The molecule has 112 valence electrons. The zero-order valence-corrected chi connectivity index (χ0v) is 12.5. The highest BCUT2D eigenvalue weighted by atomic mass is 16.5. The van der Waals surface area contributed by atoms with Crippen molar-refractivity contribution in [1.82, 2.24) is 0 Å². The molecule has 0 N–H and O–H groups in total. The van der Waals surface area contributed by atoms with E-state index in [1.807, 2.05) is 49.4 Å². The second-order valence-electron chi connectivity index (χ2n) is 4.74. The van der Waals surface area contributed by atoms with Crippen molar-refractivity contribution in [1.29, 1.82) is 5.26 Å². The fraction of sp³-hybridized carbons (Fsp3) is 0.222. The Hall–Kier alpha value is -2.80. The van der Waals surface area contributed by atoms with Crippen molar-refractivity contribution < 1.29 is 9.53 Å². The molecule has 0 saturated heterocycles. The van der Waals surface area contributed by atoms with Gasteiger partial charge in [0.2, 0.25) is 0 Å². The highest BCUT2D eigenvalue weighted by Gasteiger charge is 2.14. The highest BCUT2D eigenvalue weighted by Crippen LogP contribution is 2.15. The van der Waals surface area contributed by atoms with Gasteiger partial charge in [0.1, 0.15) is 5.75 Å². The van der Waals surface area contributed by atoms with Gasteiger partial charge in [0.15, 0.2) is 6.61 Å². The van der Waals surface area contributed by atoms with E-state index in [1.165, 1.54) is 0 Å². The fourth-order valence-electron chi connectivity index (χ4n) is 2.13. The van der Waals surface area contributed by atoms with Crippen LogP contribution in [0.25, 0.3) is 0 Å². The minimum Gasteiger partial charge on any atom is -0.484 e. The van der Waals surface area contributed by atoms with Gasteiger partial charge in [0.25, 0.3) is 5.91 Å². The molecular formula is C18H18N2O2. The zero-order chi connectivity index (χ0) is 15.8. The minimum atomic E-state index is -0.0881. The van der Waals surface area contributed by atoms with E-state index < -0.39 is 0 Å². The van der Waals surface area contributed by atoms with Crippen LogP contribution in [0, 0.1) is 11.3 Å². The Balaban J connectivity index is 1.95. The summed E-state index contributed by atoms with van der Waals surface area (Å²) in [7, 11) is 0. The molecule has 0 heterocycles. The third-order valence-corrected chi connectivity index (χ3v) is 3.25. The van der Waals surface area contributed by atoms with Crippen molar-refractivity contribution in [2.45, 2.75) is 13.3 Å². The number of likely N-dealkylation sites (N-methyl/N-ethyl adjacent to an activating group) is 1. The summed E-state index contributed by atoms with van der Waals surface area (Å²) in [6, 6.07) is 18.8. The van der Waals surface area contributed by atoms with Crippen molar-refractivity contribution >= 4 is 11.6 Å². The van der Waals surface area contributed by atoms with Crippen LogP contribution in [-0.2, 0) is 11.2 Å². The molecule has 1 amide bonds. The molecule has 22 heavy (non-hydrogen) atoms. The maximum Gasteiger partial charge on any atom is 0.264 e. The van der Waals surface area contributed by atoms with Crippen LogP contribution in [0.2, 0.25) is 0 Å². The van der Waals surface area contributed by atoms with Gasteiger partial charge < -0.3 is 9.64 Å². The topological polar surface area (TPSA) is 53.3 Å². The van der Waals surface area contributed by atoms with Crippen LogP contribution in [-0.4, -0.2) is 19.1 Å². The number of hydrogen-bond donors (Lipinski definition) is 0. The van der Waals surface area contributed by atoms with Crippen molar-refractivity contribution in [3.63, 3.8) is 0 Å². The first-order valence-corrected chi connectivity index (χ1v) is 7.18. The lowest BCUT2D eigenvalue weighted by atomic mass is 10.2. The van der Waals surface area contributed by atoms with E-state index in [1.54, 1.807) is 17.0 Å². The summed E-state index contributed by atoms with van der Waals surface area (Å²) < 4.78 is 5.53. The third kappa shape index (κ3) is 4.10. The molecule has 0 fully saturated rings. The SMILES string of the molecule is CCN(C(=O)COc1ccc(CC#N)cc1)c1ccccc1. The molecule has 2 aromatic carbocycles. The van der Waals surface area contributed by atoms with Gasteiger partial charge in [-0.05, 0) is 36.8 Å². The lowest BCUT2D eigenvalue weighted by Gasteiger charge is -2.21. The van der Waals surface area contributed by atoms with Crippen LogP contribution >= 0.6 is 0 Å². The largest absolute Gasteiger partial charge is 0.484 e. The monoisotopic (exact) mass is 294 g/mol. The van der Waals surface area contributed by atoms with Crippen LogP contribution in [0.3, 0.4) is 0 Å². The molecule has 0 aliphatic carbocycles. The molecule has 0 unspecified atom stereocenters. The van der Waals surface area contributed by atoms with Crippen molar-refractivity contribution in [3.8, 4) is 11.8 Å². The number of ether oxygens (including phenoxy) is 1. The minimum absolute atomic E-state index is 0.0136. The summed E-state index contributed by atoms with van der Waals surface area (Å²) in [4.78, 5) is 14.0. The number of carbonyl (C=O) groups excluding carboxylic acids is 1. The maximum absolute atomic E-state index is 12.3. The lowest BCUT2D eigenvalue weighted by molar-refractivity contribution is -0.120. The Kier molecular flexibility index (Phi) is 5.56. The molecular weight excluding hydrogens is 276 g/mol. The molecule has 0 aliphatic rings. The van der Waals surface area contributed by atoms with Crippen LogP contribution in [0.4, 0.5) is 5.69 Å². The Bertz CT molecular complexity index is 645. The van der Waals surface area contributed by atoms with Crippen LogP contribution in [0.5, 0.6) is 5.75 Å². The molecule has 0 spiro atoms. The second-order valence-corrected chi connectivity index (χ2v) is 4.74. The van der Waals surface area contributed by atoms with Gasteiger partial charge >= 0.3 is 0 Å². The van der Waals surface area contributed by atoms with Crippen LogP contribution in [0.15, 0.2) is 54.6 Å². The quantitative estimate of drug-likeness (QED) is 0.822. The van der Waals surface area contributed by atoms with E-state index in [4.69, 9.17) is 10.00 Å². The third-order valence-electron chi connectivity index (χ3n) is 3.25. The van der Waals surface area contributed by atoms with E-state index in [0.29, 0.717) is 18.7 Å². The van der Waals surface area contributed by atoms with Gasteiger partial charge in [-0.2, -0.15) is 5.26 Å². The van der Waals surface area contributed by atoms with Crippen molar-refractivity contribution in [2.24, 2.45) is 0 Å². The molecule has 2 rings (SSSR count). The molecule has 0 saturated carbocycles. The number of nitrogens with zero attached hydrogens (tertiary/aromatic N) is 2. The number of para-hydroxylation sites is 1. The van der Waals surface area contributed by atoms with Gasteiger partial charge in [0.05, 0.1) is 12.5 Å². The normalized spacial score (nSPS) is 9.82. The molecule has 0 aliphatic heterocycles. The van der Waals surface area contributed by atoms with E-state index in [-0.39, 0.29) is 12.5 Å². The Labute approximate surface area is 130 Å². The second kappa shape index (κ2) is 7.84. The summed E-state index contributed by atoms with van der Waals surface area (Å²) in [5.41, 5.74) is 1.80. The number of nitriles is 1. The van der Waals surface area contributed by atoms with Crippen LogP contribution < -0.4 is 9.64 Å². The van der Waals surface area contributed by atoms with Gasteiger partial charge in [-0.15, -0.1) is 0 Å². The Morgan fingerprint density at radius 2 is 1.82 bits per heavy atom. The molecule has 0 atom stereocenters.